The maximum Gasteiger partial charge on any atom is 0.301 e. The van der Waals surface area contributed by atoms with Gasteiger partial charge in [-0.2, -0.15) is 12.7 Å². The number of halogens is 2. The van der Waals surface area contributed by atoms with Crippen LogP contribution in [0.25, 0.3) is 0 Å². The number of rotatable bonds is 3. The minimum absolute atomic E-state index is 0.400. The van der Waals surface area contributed by atoms with Gasteiger partial charge in [-0.15, -0.1) is 0 Å². The Morgan fingerprint density at radius 3 is 2.84 bits per heavy atom. The molecule has 0 amide bonds. The van der Waals surface area contributed by atoms with Crippen molar-refractivity contribution in [3.05, 3.63) is 26.8 Å². The van der Waals surface area contributed by atoms with Crippen LogP contribution in [-0.2, 0) is 10.2 Å². The van der Waals surface area contributed by atoms with Crippen molar-refractivity contribution in [3.8, 4) is 0 Å². The molecule has 0 aromatic heterocycles. The predicted molar refractivity (Wildman–Crippen MR) is 86.7 cm³/mol. The molecule has 0 bridgehead atoms. The van der Waals surface area contributed by atoms with E-state index in [-0.39, 0.29) is 0 Å². The molecule has 0 radical (unpaired) electrons. The lowest BCUT2D eigenvalue weighted by atomic mass is 10.0. The average molecular weight is 415 g/mol. The van der Waals surface area contributed by atoms with Crippen LogP contribution in [-0.4, -0.2) is 25.8 Å². The zero-order valence-electron chi connectivity index (χ0n) is 10.6. The summed E-state index contributed by atoms with van der Waals surface area (Å²) in [5, 5.41) is 0.417. The lowest BCUT2D eigenvalue weighted by Crippen LogP contribution is -2.42. The van der Waals surface area contributed by atoms with Gasteiger partial charge in [-0.1, -0.05) is 18.5 Å². The van der Waals surface area contributed by atoms with Gasteiger partial charge in [-0.05, 0) is 59.5 Å². The zero-order chi connectivity index (χ0) is 14.0. The topological polar surface area (TPSA) is 49.4 Å². The number of hydrogen-bond acceptors (Lipinski definition) is 2. The van der Waals surface area contributed by atoms with Gasteiger partial charge in [0.2, 0.25) is 0 Å². The van der Waals surface area contributed by atoms with Crippen molar-refractivity contribution in [2.45, 2.75) is 19.8 Å². The molecule has 0 saturated carbocycles. The van der Waals surface area contributed by atoms with Crippen LogP contribution in [0.4, 0.5) is 5.69 Å². The lowest BCUT2D eigenvalue weighted by molar-refractivity contribution is 0.282. The predicted octanol–water partition coefficient (Wildman–Crippen LogP) is 3.33. The summed E-state index contributed by atoms with van der Waals surface area (Å²) in [4.78, 5) is 0. The highest BCUT2D eigenvalue weighted by molar-refractivity contribution is 14.1. The van der Waals surface area contributed by atoms with E-state index < -0.39 is 10.2 Å². The molecule has 1 aromatic rings. The van der Waals surface area contributed by atoms with E-state index >= 15 is 0 Å². The minimum atomic E-state index is -3.51. The molecule has 2 rings (SSSR count). The molecule has 1 unspecified atom stereocenters. The molecule has 1 aliphatic rings. The second-order valence-corrected chi connectivity index (χ2v) is 8.16. The standard InChI is InChI=1S/C12H16ClIN2O2S/c1-9-3-2-6-16(8-9)19(17,18)15-12-5-4-10(14)7-11(12)13/h4-5,7,9,15H,2-3,6,8H2,1H3. The normalized spacial score (nSPS) is 21.3. The van der Waals surface area contributed by atoms with Crippen LogP contribution in [0.15, 0.2) is 18.2 Å². The highest BCUT2D eigenvalue weighted by Gasteiger charge is 2.27. The first-order valence-corrected chi connectivity index (χ1v) is 9.01. The van der Waals surface area contributed by atoms with Crippen LogP contribution in [0.5, 0.6) is 0 Å². The fourth-order valence-corrected chi connectivity index (χ4v) is 4.50. The fourth-order valence-electron chi connectivity index (χ4n) is 2.14. The first-order chi connectivity index (χ1) is 8.88. The largest absolute Gasteiger partial charge is 0.301 e. The molecular formula is C12H16ClIN2O2S. The summed E-state index contributed by atoms with van der Waals surface area (Å²) in [6.45, 7) is 3.21. The molecule has 7 heteroatoms. The Hall–Kier alpha value is -0.0500. The molecular weight excluding hydrogens is 399 g/mol. The molecule has 1 aliphatic heterocycles. The van der Waals surface area contributed by atoms with Gasteiger partial charge in [-0.25, -0.2) is 0 Å². The van der Waals surface area contributed by atoms with Gasteiger partial charge in [0.05, 0.1) is 10.7 Å². The van der Waals surface area contributed by atoms with Crippen LogP contribution >= 0.6 is 34.2 Å². The maximum atomic E-state index is 12.3. The molecule has 0 spiro atoms. The Balaban J connectivity index is 2.16. The van der Waals surface area contributed by atoms with Crippen molar-refractivity contribution in [3.63, 3.8) is 0 Å². The molecule has 106 valence electrons. The lowest BCUT2D eigenvalue weighted by Gasteiger charge is -2.30. The third-order valence-corrected chi connectivity index (χ3v) is 5.60. The van der Waals surface area contributed by atoms with E-state index in [0.29, 0.717) is 29.7 Å². The van der Waals surface area contributed by atoms with E-state index in [4.69, 9.17) is 11.6 Å². The van der Waals surface area contributed by atoms with E-state index in [2.05, 4.69) is 34.2 Å². The number of piperidine rings is 1. The smallest absolute Gasteiger partial charge is 0.269 e. The highest BCUT2D eigenvalue weighted by Crippen LogP contribution is 2.26. The zero-order valence-corrected chi connectivity index (χ0v) is 14.3. The minimum Gasteiger partial charge on any atom is -0.269 e. The number of anilines is 1. The van der Waals surface area contributed by atoms with Crippen LogP contribution in [0.2, 0.25) is 5.02 Å². The van der Waals surface area contributed by atoms with Crippen molar-refractivity contribution in [1.82, 2.24) is 4.31 Å². The summed E-state index contributed by atoms with van der Waals surface area (Å²) in [7, 11) is -3.51. The van der Waals surface area contributed by atoms with Crippen LogP contribution in [0.3, 0.4) is 0 Å². The van der Waals surface area contributed by atoms with E-state index in [0.717, 1.165) is 16.4 Å². The third kappa shape index (κ3) is 3.96. The Morgan fingerprint density at radius 1 is 1.47 bits per heavy atom. The monoisotopic (exact) mass is 414 g/mol. The van der Waals surface area contributed by atoms with E-state index in [9.17, 15) is 8.42 Å². The van der Waals surface area contributed by atoms with Crippen molar-refractivity contribution in [2.24, 2.45) is 5.92 Å². The van der Waals surface area contributed by atoms with Gasteiger partial charge in [0.25, 0.3) is 0 Å². The first kappa shape index (κ1) is 15.3. The molecule has 1 aromatic carbocycles. The second-order valence-electron chi connectivity index (χ2n) is 4.84. The summed E-state index contributed by atoms with van der Waals surface area (Å²) < 4.78 is 29.6. The van der Waals surface area contributed by atoms with Gasteiger partial charge >= 0.3 is 10.2 Å². The van der Waals surface area contributed by atoms with Crippen molar-refractivity contribution in [2.75, 3.05) is 17.8 Å². The molecule has 1 heterocycles. The number of benzene rings is 1. The van der Waals surface area contributed by atoms with Crippen molar-refractivity contribution >= 4 is 50.1 Å². The molecule has 19 heavy (non-hydrogen) atoms. The summed E-state index contributed by atoms with van der Waals surface area (Å²) in [5.41, 5.74) is 0.431. The second kappa shape index (κ2) is 6.15. The Labute approximate surface area is 132 Å². The van der Waals surface area contributed by atoms with Crippen LogP contribution < -0.4 is 4.72 Å². The van der Waals surface area contributed by atoms with Gasteiger partial charge in [0.15, 0.2) is 0 Å². The van der Waals surface area contributed by atoms with Crippen molar-refractivity contribution < 1.29 is 8.42 Å². The molecule has 1 atom stereocenters. The Kier molecular flexibility index (Phi) is 4.97. The van der Waals surface area contributed by atoms with Crippen LogP contribution in [0.1, 0.15) is 19.8 Å². The number of nitrogens with one attached hydrogen (secondary N) is 1. The molecule has 4 nitrogen and oxygen atoms in total. The van der Waals surface area contributed by atoms with Gasteiger partial charge in [-0.3, -0.25) is 4.72 Å². The highest BCUT2D eigenvalue weighted by atomic mass is 127. The molecule has 1 N–H and O–H groups in total. The van der Waals surface area contributed by atoms with Crippen molar-refractivity contribution in [1.29, 1.82) is 0 Å². The van der Waals surface area contributed by atoms with E-state index in [1.807, 2.05) is 6.07 Å². The molecule has 1 saturated heterocycles. The molecule has 0 aliphatic carbocycles. The number of hydrogen-bond donors (Lipinski definition) is 1. The average Bonchev–Trinajstić information content (AvgIpc) is 2.33. The third-order valence-electron chi connectivity index (χ3n) is 3.13. The summed E-state index contributed by atoms with van der Waals surface area (Å²) >= 11 is 8.19. The van der Waals surface area contributed by atoms with Gasteiger partial charge in [0, 0.05) is 16.7 Å². The first-order valence-electron chi connectivity index (χ1n) is 6.11. The van der Waals surface area contributed by atoms with E-state index in [1.54, 1.807) is 12.1 Å². The SMILES string of the molecule is CC1CCCN(S(=O)(=O)Nc2ccc(I)cc2Cl)C1. The summed E-state index contributed by atoms with van der Waals surface area (Å²) in [6, 6.07) is 5.25. The fraction of sp³-hybridized carbons (Fsp3) is 0.500. The van der Waals surface area contributed by atoms with E-state index in [1.165, 1.54) is 4.31 Å². The van der Waals surface area contributed by atoms with Crippen LogP contribution in [0, 0.1) is 9.49 Å². The summed E-state index contributed by atoms with van der Waals surface area (Å²) in [6.07, 6.45) is 1.98. The quantitative estimate of drug-likeness (QED) is 0.771. The molecule has 1 fully saturated rings. The Morgan fingerprint density at radius 2 is 2.21 bits per heavy atom. The number of nitrogens with zero attached hydrogens (tertiary/aromatic N) is 1. The Bertz CT molecular complexity index is 565. The van der Waals surface area contributed by atoms with Gasteiger partial charge < -0.3 is 0 Å². The van der Waals surface area contributed by atoms with Gasteiger partial charge in [0.1, 0.15) is 0 Å². The summed E-state index contributed by atoms with van der Waals surface area (Å²) in [5.74, 6) is 0.400. The maximum absolute atomic E-state index is 12.3.